The molecule has 0 radical (unpaired) electrons. The fourth-order valence-electron chi connectivity index (χ4n) is 17.1. The Morgan fingerprint density at radius 3 is 2.12 bits per heavy atom. The zero-order chi connectivity index (χ0) is 69.0. The molecule has 6 aromatic rings. The zero-order valence-electron chi connectivity index (χ0n) is 59.2. The first-order chi connectivity index (χ1) is 46.2. The average Bonchev–Trinajstić information content (AvgIpc) is 1.55. The van der Waals surface area contributed by atoms with E-state index in [0.717, 1.165) is 95.8 Å². The summed E-state index contributed by atoms with van der Waals surface area (Å²) < 4.78 is 61.9. The van der Waals surface area contributed by atoms with Crippen molar-refractivity contribution in [3.63, 3.8) is 0 Å². The van der Waals surface area contributed by atoms with Gasteiger partial charge in [-0.2, -0.15) is 9.97 Å². The largest absolute Gasteiger partial charge is 0.468 e. The highest BCUT2D eigenvalue weighted by Crippen LogP contribution is 2.44. The van der Waals surface area contributed by atoms with E-state index in [2.05, 4.69) is 109 Å². The highest BCUT2D eigenvalue weighted by Gasteiger charge is 2.46. The van der Waals surface area contributed by atoms with Crippen LogP contribution in [0.2, 0.25) is 16.6 Å². The lowest BCUT2D eigenvalue weighted by molar-refractivity contribution is -0.135. The highest BCUT2D eigenvalue weighted by atomic mass is 28.3. The summed E-state index contributed by atoms with van der Waals surface area (Å²) in [5.41, 5.74) is 6.51. The third kappa shape index (κ3) is 14.2. The molecule has 0 saturated carbocycles. The minimum Gasteiger partial charge on any atom is -0.468 e. The molecule has 1 N–H and O–H groups in total. The van der Waals surface area contributed by atoms with Crippen LogP contribution >= 0.6 is 0 Å². The van der Waals surface area contributed by atoms with Crippen molar-refractivity contribution < 1.29 is 42.1 Å². The molecule has 0 aliphatic carbocycles. The second-order valence-electron chi connectivity index (χ2n) is 30.8. The quantitative estimate of drug-likeness (QED) is 0.0370. The van der Waals surface area contributed by atoms with Gasteiger partial charge in [0, 0.05) is 114 Å². The van der Waals surface area contributed by atoms with Gasteiger partial charge in [0.25, 0.3) is 0 Å². The van der Waals surface area contributed by atoms with Gasteiger partial charge in [-0.15, -0.1) is 5.54 Å². The van der Waals surface area contributed by atoms with Crippen LogP contribution in [0.1, 0.15) is 139 Å². The van der Waals surface area contributed by atoms with Crippen molar-refractivity contribution in [3.05, 3.63) is 76.3 Å². The van der Waals surface area contributed by atoms with E-state index in [1.54, 1.807) is 40.6 Å². The standard InChI is InChI=1S/C74H100F2N12O8Si/c1-46(2)97(47(3)4,48(5)6)35-26-56-59(75)18-14-51-36-55(95-45-93-13)38-57(64(51)56)66-65(76)67-58(39-77-66)68(85-42-53-15-16-54(43-85)87(53)72(92)96-73(7,8)9)80-70(79-67)94-34-33-86-32-31-83(44-74(86,10)11)41-49-22-27-82(28-23-49)40-50-24-29-84(30-25-50)52-17-19-60-62(37-52)81(12)71(91)88(60)61-20-21-63(89)78-69(61)90/h14,17-19,36-39,46-50,53-54,61H,15-16,20-25,27-34,40-45H2,1-13H3,(H,78,89,90). The van der Waals surface area contributed by atoms with Crippen molar-refractivity contribution in [2.45, 2.75) is 173 Å². The van der Waals surface area contributed by atoms with Crippen LogP contribution in [-0.4, -0.2) is 192 Å². The molecule has 3 aromatic carbocycles. The molecule has 3 aromatic heterocycles. The maximum atomic E-state index is 18.3. The van der Waals surface area contributed by atoms with E-state index < -0.39 is 37.3 Å². The van der Waals surface area contributed by atoms with Crippen molar-refractivity contribution in [2.24, 2.45) is 18.9 Å². The third-order valence-electron chi connectivity index (χ3n) is 22.0. The number of piperidine rings is 3. The normalized spacial score (nSPS) is 21.2. The average molecular weight is 1350 g/mol. The number of imidazole rings is 1. The summed E-state index contributed by atoms with van der Waals surface area (Å²) in [5.74, 6) is 3.51. The summed E-state index contributed by atoms with van der Waals surface area (Å²) in [6, 6.07) is 11.6. The number of halogens is 2. The molecule has 20 nitrogen and oxygen atoms in total. The molecule has 3 atom stereocenters. The van der Waals surface area contributed by atoms with Crippen LogP contribution in [0.3, 0.4) is 0 Å². The molecule has 23 heteroatoms. The van der Waals surface area contributed by atoms with Crippen LogP contribution in [0.5, 0.6) is 11.8 Å². The minimum absolute atomic E-state index is 0.00392. The fourth-order valence-corrected chi connectivity index (χ4v) is 22.3. The number of amides is 3. The van der Waals surface area contributed by atoms with Crippen LogP contribution < -0.4 is 30.3 Å². The molecule has 0 spiro atoms. The smallest absolute Gasteiger partial charge is 0.410 e. The number of fused-ring (bicyclic) bond motifs is 5. The minimum atomic E-state index is -2.36. The van der Waals surface area contributed by atoms with E-state index in [-0.39, 0.29) is 77.9 Å². The lowest BCUT2D eigenvalue weighted by atomic mass is 9.91. The molecule has 6 saturated heterocycles. The number of aryl methyl sites for hydroxylation is 1. The Kier molecular flexibility index (Phi) is 20.2. The molecule has 522 valence electrons. The topological polar surface area (TPSA) is 185 Å². The van der Waals surface area contributed by atoms with Crippen molar-refractivity contribution >= 4 is 70.2 Å². The van der Waals surface area contributed by atoms with Gasteiger partial charge in [0.15, 0.2) is 12.6 Å². The number of benzene rings is 3. The van der Waals surface area contributed by atoms with Gasteiger partial charge in [-0.05, 0) is 163 Å². The molecular weight excluding hydrogens is 1250 g/mol. The Morgan fingerprint density at radius 1 is 0.794 bits per heavy atom. The first-order valence-corrected chi connectivity index (χ1v) is 37.6. The summed E-state index contributed by atoms with van der Waals surface area (Å²) >= 11 is 0. The molecule has 3 amide bonds. The van der Waals surface area contributed by atoms with E-state index >= 15 is 8.78 Å². The highest BCUT2D eigenvalue weighted by molar-refractivity contribution is 6.90. The van der Waals surface area contributed by atoms with Gasteiger partial charge in [-0.1, -0.05) is 53.5 Å². The Balaban J connectivity index is 0.720. The van der Waals surface area contributed by atoms with E-state index in [4.69, 9.17) is 33.9 Å². The lowest BCUT2D eigenvalue weighted by Gasteiger charge is -2.48. The predicted octanol–water partition coefficient (Wildman–Crippen LogP) is 11.3. The molecule has 6 aliphatic heterocycles. The van der Waals surface area contributed by atoms with Crippen molar-refractivity contribution in [1.82, 2.24) is 49.0 Å². The number of nitrogens with zero attached hydrogens (tertiary/aromatic N) is 11. The Labute approximate surface area is 570 Å². The number of hydrogen-bond acceptors (Lipinski definition) is 16. The maximum Gasteiger partial charge on any atom is 0.410 e. The van der Waals surface area contributed by atoms with Gasteiger partial charge in [0.1, 0.15) is 54.9 Å². The molecule has 3 unspecified atom stereocenters. The zero-order valence-corrected chi connectivity index (χ0v) is 60.2. The van der Waals surface area contributed by atoms with Gasteiger partial charge in [-0.3, -0.25) is 43.7 Å². The summed E-state index contributed by atoms with van der Waals surface area (Å²) in [5, 5.41) is 3.81. The number of pyridine rings is 1. The van der Waals surface area contributed by atoms with E-state index in [9.17, 15) is 19.2 Å². The van der Waals surface area contributed by atoms with Gasteiger partial charge in [0.05, 0.1) is 34.1 Å². The molecule has 6 fully saturated rings. The molecule has 2 bridgehead atoms. The Bertz CT molecular complexity index is 4030. The molecule has 9 heterocycles. The van der Waals surface area contributed by atoms with Crippen molar-refractivity contribution in [2.75, 3.05) is 109 Å². The second kappa shape index (κ2) is 28.2. The number of imide groups is 1. The summed E-state index contributed by atoms with van der Waals surface area (Å²) in [4.78, 5) is 80.7. The monoisotopic (exact) mass is 1350 g/mol. The van der Waals surface area contributed by atoms with Gasteiger partial charge in [0.2, 0.25) is 11.8 Å². The number of carbonyl (C=O) groups is 3. The number of piperazine rings is 2. The third-order valence-corrected chi connectivity index (χ3v) is 28.3. The number of aromatic nitrogens is 5. The summed E-state index contributed by atoms with van der Waals surface area (Å²) in [6.45, 7) is 34.1. The SMILES string of the molecule is COCOc1cc(-c2ncc3c(N4CC5CCC(C4)N5C(=O)OC(C)(C)C)nc(OCCN4CCN(CC5CCN(CC6CCN(c7ccc8c(c7)n(C)c(=O)n8C7CCC(=O)NC7=O)CC6)CC5)CC4(C)C)nc3c2F)c2c(C#C[Si](C(C)C)(C(C)C)C(C)C)c(F)ccc2c1. The van der Waals surface area contributed by atoms with Gasteiger partial charge < -0.3 is 33.6 Å². The van der Waals surface area contributed by atoms with Gasteiger partial charge >= 0.3 is 17.8 Å². The van der Waals surface area contributed by atoms with Crippen molar-refractivity contribution in [1.29, 1.82) is 0 Å². The first-order valence-electron chi connectivity index (χ1n) is 35.4. The second-order valence-corrected chi connectivity index (χ2v) is 36.4. The molecule has 97 heavy (non-hydrogen) atoms. The lowest BCUT2D eigenvalue weighted by Crippen LogP contribution is -2.60. The number of rotatable bonds is 18. The van der Waals surface area contributed by atoms with Crippen LogP contribution in [0.15, 0.2) is 53.5 Å². The number of hydrogen-bond donors (Lipinski definition) is 1. The Morgan fingerprint density at radius 2 is 1.47 bits per heavy atom. The number of methoxy groups -OCH3 is 1. The number of likely N-dealkylation sites (tertiary alicyclic amines) is 1. The van der Waals surface area contributed by atoms with Crippen LogP contribution in [0, 0.1) is 34.9 Å². The van der Waals surface area contributed by atoms with Crippen LogP contribution in [0.4, 0.5) is 25.1 Å². The van der Waals surface area contributed by atoms with E-state index in [1.165, 1.54) is 26.0 Å². The van der Waals surface area contributed by atoms with E-state index in [1.807, 2.05) is 31.7 Å². The maximum absolute atomic E-state index is 18.3. The number of carbonyl (C=O) groups excluding carboxylic acids is 3. The van der Waals surface area contributed by atoms with Crippen LogP contribution in [0.25, 0.3) is 44.0 Å². The number of ether oxygens (including phenoxy) is 4. The van der Waals surface area contributed by atoms with Gasteiger partial charge in [-0.25, -0.2) is 18.4 Å². The molecular formula is C74H100F2N12O8Si. The summed E-state index contributed by atoms with van der Waals surface area (Å²) in [6.07, 6.45) is 7.89. The molecule has 6 aliphatic rings. The number of anilines is 2. The fraction of sp³-hybridized carbons (Fsp3) is 0.608. The van der Waals surface area contributed by atoms with E-state index in [0.29, 0.717) is 93.3 Å². The number of nitrogens with one attached hydrogen (secondary N) is 1. The molecule has 12 rings (SSSR count). The summed E-state index contributed by atoms with van der Waals surface area (Å²) in [7, 11) is 0.912. The van der Waals surface area contributed by atoms with Crippen LogP contribution in [-0.2, 0) is 26.1 Å². The first kappa shape index (κ1) is 69.7. The Hall–Kier alpha value is -7.23. The van der Waals surface area contributed by atoms with Crippen molar-refractivity contribution in [3.8, 4) is 34.5 Å². The predicted molar refractivity (Wildman–Crippen MR) is 378 cm³/mol.